The van der Waals surface area contributed by atoms with Gasteiger partial charge in [0.25, 0.3) is 5.91 Å². The minimum atomic E-state index is -0.693. The maximum atomic E-state index is 12.4. The first-order chi connectivity index (χ1) is 11.9. The van der Waals surface area contributed by atoms with Crippen LogP contribution in [-0.4, -0.2) is 12.0 Å². The van der Waals surface area contributed by atoms with Crippen molar-refractivity contribution in [2.45, 2.75) is 20.0 Å². The second-order valence-corrected chi connectivity index (χ2v) is 6.16. The molecule has 0 saturated heterocycles. The van der Waals surface area contributed by atoms with Gasteiger partial charge in [0.05, 0.1) is 11.1 Å². The van der Waals surface area contributed by atoms with Gasteiger partial charge in [0.15, 0.2) is 0 Å². The third kappa shape index (κ3) is 3.83. The van der Waals surface area contributed by atoms with Gasteiger partial charge in [-0.05, 0) is 44.2 Å². The van der Waals surface area contributed by atoms with Crippen molar-refractivity contribution in [2.75, 3.05) is 5.32 Å². The third-order valence-corrected chi connectivity index (χ3v) is 3.73. The summed E-state index contributed by atoms with van der Waals surface area (Å²) in [6.45, 7) is 3.79. The highest BCUT2D eigenvalue weighted by Crippen LogP contribution is 2.28. The number of ether oxygens (including phenoxy) is 1. The Morgan fingerprint density at radius 3 is 2.64 bits per heavy atom. The Morgan fingerprint density at radius 2 is 1.92 bits per heavy atom. The van der Waals surface area contributed by atoms with E-state index in [1.807, 2.05) is 13.8 Å². The van der Waals surface area contributed by atoms with Gasteiger partial charge in [-0.1, -0.05) is 29.8 Å². The molecular formula is C19H16ClNO4. The Balaban J connectivity index is 1.86. The number of carbonyl (C=O) groups excluding carboxylic acids is 1. The van der Waals surface area contributed by atoms with Crippen LogP contribution in [0.5, 0.6) is 5.75 Å². The van der Waals surface area contributed by atoms with E-state index in [0.717, 1.165) is 0 Å². The summed E-state index contributed by atoms with van der Waals surface area (Å²) in [7, 11) is 0. The number of rotatable bonds is 4. The van der Waals surface area contributed by atoms with Crippen molar-refractivity contribution < 1.29 is 13.9 Å². The molecule has 25 heavy (non-hydrogen) atoms. The molecule has 1 aromatic heterocycles. The second-order valence-electron chi connectivity index (χ2n) is 5.75. The molecule has 1 amide bonds. The minimum absolute atomic E-state index is 0.0137. The molecule has 6 heteroatoms. The normalized spacial score (nSPS) is 10.9. The SMILES string of the molecule is CC(C)Oc1ccc(NC(=O)c2cc3ccccc3oc2=O)cc1Cl. The van der Waals surface area contributed by atoms with Crippen LogP contribution in [0.3, 0.4) is 0 Å². The lowest BCUT2D eigenvalue weighted by atomic mass is 10.1. The van der Waals surface area contributed by atoms with E-state index in [1.165, 1.54) is 6.07 Å². The molecule has 0 fully saturated rings. The second kappa shape index (κ2) is 6.99. The number of hydrogen-bond acceptors (Lipinski definition) is 4. The Bertz CT molecular complexity index is 994. The van der Waals surface area contributed by atoms with Crippen LogP contribution in [-0.2, 0) is 0 Å². The number of nitrogens with one attached hydrogen (secondary N) is 1. The number of benzene rings is 2. The number of para-hydroxylation sites is 1. The van der Waals surface area contributed by atoms with E-state index in [-0.39, 0.29) is 11.7 Å². The van der Waals surface area contributed by atoms with E-state index in [0.29, 0.717) is 27.4 Å². The predicted molar refractivity (Wildman–Crippen MR) is 97.7 cm³/mol. The van der Waals surface area contributed by atoms with E-state index >= 15 is 0 Å². The molecule has 0 atom stereocenters. The molecule has 0 aliphatic carbocycles. The van der Waals surface area contributed by atoms with Crippen LogP contribution in [0.2, 0.25) is 5.02 Å². The van der Waals surface area contributed by atoms with Crippen LogP contribution in [0.1, 0.15) is 24.2 Å². The van der Waals surface area contributed by atoms with Crippen molar-refractivity contribution in [2.24, 2.45) is 0 Å². The van der Waals surface area contributed by atoms with Crippen molar-refractivity contribution in [3.05, 3.63) is 69.5 Å². The molecule has 0 radical (unpaired) electrons. The molecule has 1 heterocycles. The van der Waals surface area contributed by atoms with E-state index in [1.54, 1.807) is 42.5 Å². The first kappa shape index (κ1) is 17.0. The number of hydrogen-bond donors (Lipinski definition) is 1. The van der Waals surface area contributed by atoms with Crippen LogP contribution in [0, 0.1) is 0 Å². The summed E-state index contributed by atoms with van der Waals surface area (Å²) in [4.78, 5) is 24.4. The molecule has 2 aromatic carbocycles. The fourth-order valence-electron chi connectivity index (χ4n) is 2.35. The topological polar surface area (TPSA) is 68.5 Å². The number of anilines is 1. The van der Waals surface area contributed by atoms with Crippen LogP contribution in [0.25, 0.3) is 11.0 Å². The summed E-state index contributed by atoms with van der Waals surface area (Å²) < 4.78 is 10.7. The summed E-state index contributed by atoms with van der Waals surface area (Å²) in [5.41, 5.74) is 0.125. The van der Waals surface area contributed by atoms with Gasteiger partial charge in [-0.2, -0.15) is 0 Å². The largest absolute Gasteiger partial charge is 0.489 e. The van der Waals surface area contributed by atoms with Crippen LogP contribution >= 0.6 is 11.6 Å². The lowest BCUT2D eigenvalue weighted by Crippen LogP contribution is -2.20. The average molecular weight is 358 g/mol. The molecule has 0 bridgehead atoms. The maximum absolute atomic E-state index is 12.4. The van der Waals surface area contributed by atoms with Crippen LogP contribution in [0.15, 0.2) is 57.7 Å². The van der Waals surface area contributed by atoms with Crippen molar-refractivity contribution >= 4 is 34.2 Å². The van der Waals surface area contributed by atoms with Gasteiger partial charge in [-0.15, -0.1) is 0 Å². The molecule has 3 aromatic rings. The molecule has 5 nitrogen and oxygen atoms in total. The molecule has 0 saturated carbocycles. The molecule has 3 rings (SSSR count). The monoisotopic (exact) mass is 357 g/mol. The Hall–Kier alpha value is -2.79. The maximum Gasteiger partial charge on any atom is 0.349 e. The van der Waals surface area contributed by atoms with Crippen molar-refractivity contribution in [1.29, 1.82) is 0 Å². The molecule has 0 unspecified atom stereocenters. The number of amides is 1. The summed E-state index contributed by atoms with van der Waals surface area (Å²) in [5.74, 6) is -0.0343. The zero-order chi connectivity index (χ0) is 18.0. The Kier molecular flexibility index (Phi) is 4.76. The minimum Gasteiger partial charge on any atom is -0.489 e. The summed E-state index contributed by atoms with van der Waals surface area (Å²) in [6.07, 6.45) is -0.0137. The van der Waals surface area contributed by atoms with Gasteiger partial charge >= 0.3 is 5.63 Å². The van der Waals surface area contributed by atoms with Gasteiger partial charge in [-0.3, -0.25) is 4.79 Å². The summed E-state index contributed by atoms with van der Waals surface area (Å²) >= 11 is 6.16. The fraction of sp³-hybridized carbons (Fsp3) is 0.158. The molecule has 1 N–H and O–H groups in total. The predicted octanol–water partition coefficient (Wildman–Crippen LogP) is 4.49. The quantitative estimate of drug-likeness (QED) is 0.699. The smallest absolute Gasteiger partial charge is 0.349 e. The zero-order valence-corrected chi connectivity index (χ0v) is 14.5. The highest BCUT2D eigenvalue weighted by atomic mass is 35.5. The number of halogens is 1. The van der Waals surface area contributed by atoms with Crippen molar-refractivity contribution in [3.63, 3.8) is 0 Å². The number of fused-ring (bicyclic) bond motifs is 1. The third-order valence-electron chi connectivity index (χ3n) is 3.44. The van der Waals surface area contributed by atoms with Crippen molar-refractivity contribution in [3.8, 4) is 5.75 Å². The Morgan fingerprint density at radius 1 is 1.16 bits per heavy atom. The van der Waals surface area contributed by atoms with Gasteiger partial charge in [0.1, 0.15) is 16.9 Å². The highest BCUT2D eigenvalue weighted by molar-refractivity contribution is 6.32. The van der Waals surface area contributed by atoms with Gasteiger partial charge in [0, 0.05) is 11.1 Å². The molecule has 0 aliphatic heterocycles. The van der Waals surface area contributed by atoms with E-state index in [9.17, 15) is 9.59 Å². The first-order valence-corrected chi connectivity index (χ1v) is 8.12. The fourth-order valence-corrected chi connectivity index (χ4v) is 2.57. The van der Waals surface area contributed by atoms with E-state index in [4.69, 9.17) is 20.8 Å². The molecule has 0 aliphatic rings. The highest BCUT2D eigenvalue weighted by Gasteiger charge is 2.15. The Labute approximate surface area is 149 Å². The van der Waals surface area contributed by atoms with Gasteiger partial charge in [-0.25, -0.2) is 4.79 Å². The molecular weight excluding hydrogens is 342 g/mol. The summed E-state index contributed by atoms with van der Waals surface area (Å²) in [6, 6.07) is 13.4. The van der Waals surface area contributed by atoms with Gasteiger partial charge < -0.3 is 14.5 Å². The first-order valence-electron chi connectivity index (χ1n) is 7.74. The standard InChI is InChI=1S/C19H16ClNO4/c1-11(2)24-17-8-7-13(10-15(17)20)21-18(22)14-9-12-5-3-4-6-16(12)25-19(14)23/h3-11H,1-2H3,(H,21,22). The molecule has 128 valence electrons. The lowest BCUT2D eigenvalue weighted by Gasteiger charge is -2.12. The zero-order valence-electron chi connectivity index (χ0n) is 13.7. The van der Waals surface area contributed by atoms with Crippen LogP contribution in [0.4, 0.5) is 5.69 Å². The van der Waals surface area contributed by atoms with Gasteiger partial charge in [0.2, 0.25) is 0 Å². The average Bonchev–Trinajstić information content (AvgIpc) is 2.56. The van der Waals surface area contributed by atoms with E-state index in [2.05, 4.69) is 5.32 Å². The van der Waals surface area contributed by atoms with Crippen molar-refractivity contribution in [1.82, 2.24) is 0 Å². The summed E-state index contributed by atoms with van der Waals surface area (Å²) in [5, 5.41) is 3.69. The van der Waals surface area contributed by atoms with E-state index < -0.39 is 11.5 Å². The molecule has 0 spiro atoms. The van der Waals surface area contributed by atoms with Crippen LogP contribution < -0.4 is 15.7 Å². The number of carbonyl (C=O) groups is 1. The lowest BCUT2D eigenvalue weighted by molar-refractivity contribution is 0.102.